The second-order valence-corrected chi connectivity index (χ2v) is 9.38. The summed E-state index contributed by atoms with van der Waals surface area (Å²) in [6.45, 7) is 2.18. The molecular weight excluding hydrogens is 448 g/mol. The van der Waals surface area contributed by atoms with Crippen LogP contribution in [0.1, 0.15) is 21.5 Å². The van der Waals surface area contributed by atoms with Gasteiger partial charge < -0.3 is 10.1 Å². The lowest BCUT2D eigenvalue weighted by atomic mass is 10.1. The zero-order chi connectivity index (χ0) is 24.0. The van der Waals surface area contributed by atoms with Gasteiger partial charge in [0.05, 0.1) is 4.90 Å². The number of aryl methyl sites for hydroxylation is 1. The Kier molecular flexibility index (Phi) is 6.94. The van der Waals surface area contributed by atoms with Crippen LogP contribution in [0.3, 0.4) is 0 Å². The molecule has 1 amide bonds. The summed E-state index contributed by atoms with van der Waals surface area (Å²) in [5.74, 6) is 0.383. The second-order valence-electron chi connectivity index (χ2n) is 7.70. The molecule has 0 fully saturated rings. The maximum absolute atomic E-state index is 12.9. The van der Waals surface area contributed by atoms with Crippen LogP contribution in [0.4, 0.5) is 11.4 Å². The van der Waals surface area contributed by atoms with E-state index in [4.69, 9.17) is 4.74 Å². The molecule has 172 valence electrons. The number of carbonyl (C=O) groups excluding carboxylic acids is 1. The lowest BCUT2D eigenvalue weighted by molar-refractivity contribution is 0.102. The molecule has 0 bridgehead atoms. The summed E-state index contributed by atoms with van der Waals surface area (Å²) in [6.07, 6.45) is 0. The number of hydrogen-bond donors (Lipinski definition) is 2. The number of carbonyl (C=O) groups is 1. The molecule has 0 aromatic heterocycles. The summed E-state index contributed by atoms with van der Waals surface area (Å²) in [6, 6.07) is 29.9. The normalized spacial score (nSPS) is 11.0. The number of hydrogen-bond acceptors (Lipinski definition) is 4. The van der Waals surface area contributed by atoms with Crippen LogP contribution in [-0.2, 0) is 16.6 Å². The van der Waals surface area contributed by atoms with Crippen molar-refractivity contribution in [3.63, 3.8) is 0 Å². The largest absolute Gasteiger partial charge is 0.489 e. The quantitative estimate of drug-likeness (QED) is 0.348. The highest BCUT2D eigenvalue weighted by atomic mass is 32.2. The van der Waals surface area contributed by atoms with E-state index in [1.807, 2.05) is 36.4 Å². The first kappa shape index (κ1) is 23.1. The number of anilines is 2. The van der Waals surface area contributed by atoms with Crippen LogP contribution in [-0.4, -0.2) is 14.3 Å². The van der Waals surface area contributed by atoms with E-state index in [0.717, 1.165) is 5.56 Å². The molecule has 6 nitrogen and oxygen atoms in total. The minimum Gasteiger partial charge on any atom is -0.489 e. The van der Waals surface area contributed by atoms with E-state index in [9.17, 15) is 13.2 Å². The van der Waals surface area contributed by atoms with E-state index < -0.39 is 10.0 Å². The van der Waals surface area contributed by atoms with Gasteiger partial charge in [0.1, 0.15) is 12.4 Å². The van der Waals surface area contributed by atoms with Crippen molar-refractivity contribution in [2.75, 3.05) is 10.0 Å². The van der Waals surface area contributed by atoms with Gasteiger partial charge in [-0.1, -0.05) is 48.5 Å². The standard InChI is InChI=1S/C27H24N2O4S/c1-20-18-25(16-17-26(20)28-27(30)22-10-6-3-7-11-22)34(31,32)29-23-12-14-24(15-13-23)33-19-21-8-4-2-5-9-21/h2-18,29H,19H2,1H3,(H,28,30). The number of nitrogens with one attached hydrogen (secondary N) is 2. The van der Waals surface area contributed by atoms with E-state index in [2.05, 4.69) is 10.0 Å². The average Bonchev–Trinajstić information content (AvgIpc) is 2.85. The maximum Gasteiger partial charge on any atom is 0.261 e. The van der Waals surface area contributed by atoms with Crippen molar-refractivity contribution in [2.45, 2.75) is 18.4 Å². The monoisotopic (exact) mass is 472 g/mol. The van der Waals surface area contributed by atoms with Gasteiger partial charge in [-0.05, 0) is 72.6 Å². The maximum atomic E-state index is 12.9. The summed E-state index contributed by atoms with van der Waals surface area (Å²) in [4.78, 5) is 12.5. The molecule has 0 atom stereocenters. The third-order valence-corrected chi connectivity index (χ3v) is 6.53. The first-order valence-corrected chi connectivity index (χ1v) is 12.2. The number of amides is 1. The van der Waals surface area contributed by atoms with Crippen molar-refractivity contribution in [3.8, 4) is 5.75 Å². The smallest absolute Gasteiger partial charge is 0.261 e. The van der Waals surface area contributed by atoms with Gasteiger partial charge in [-0.2, -0.15) is 0 Å². The van der Waals surface area contributed by atoms with Crippen molar-refractivity contribution >= 4 is 27.3 Å². The van der Waals surface area contributed by atoms with Crippen LogP contribution in [0.15, 0.2) is 108 Å². The number of sulfonamides is 1. The number of rotatable bonds is 8. The summed E-state index contributed by atoms with van der Waals surface area (Å²) in [5.41, 5.74) is 3.18. The van der Waals surface area contributed by atoms with Crippen molar-refractivity contribution < 1.29 is 17.9 Å². The third kappa shape index (κ3) is 5.82. The minimum atomic E-state index is -3.80. The first-order chi connectivity index (χ1) is 16.4. The van der Waals surface area contributed by atoms with E-state index in [-0.39, 0.29) is 10.8 Å². The Balaban J connectivity index is 1.40. The van der Waals surface area contributed by atoms with E-state index in [1.165, 1.54) is 12.1 Å². The average molecular weight is 473 g/mol. The van der Waals surface area contributed by atoms with Crippen LogP contribution in [0.25, 0.3) is 0 Å². The third-order valence-electron chi connectivity index (χ3n) is 5.15. The zero-order valence-corrected chi connectivity index (χ0v) is 19.4. The molecule has 0 radical (unpaired) electrons. The summed E-state index contributed by atoms with van der Waals surface area (Å²) in [7, 11) is -3.80. The van der Waals surface area contributed by atoms with Crippen molar-refractivity contribution in [1.29, 1.82) is 0 Å². The van der Waals surface area contributed by atoms with Crippen LogP contribution in [0.5, 0.6) is 5.75 Å². The van der Waals surface area contributed by atoms with Gasteiger partial charge in [-0.25, -0.2) is 8.42 Å². The van der Waals surface area contributed by atoms with Crippen molar-refractivity contribution in [3.05, 3.63) is 120 Å². The molecule has 34 heavy (non-hydrogen) atoms. The Labute approximate surface area is 199 Å². The van der Waals surface area contributed by atoms with Crippen LogP contribution >= 0.6 is 0 Å². The topological polar surface area (TPSA) is 84.5 Å². The fourth-order valence-electron chi connectivity index (χ4n) is 3.30. The Morgan fingerprint density at radius 2 is 1.47 bits per heavy atom. The Hall–Kier alpha value is -4.10. The lowest BCUT2D eigenvalue weighted by Crippen LogP contribution is -2.15. The predicted molar refractivity (Wildman–Crippen MR) is 134 cm³/mol. The highest BCUT2D eigenvalue weighted by Crippen LogP contribution is 2.24. The van der Waals surface area contributed by atoms with Gasteiger partial charge >= 0.3 is 0 Å². The van der Waals surface area contributed by atoms with Gasteiger partial charge in [0, 0.05) is 16.9 Å². The zero-order valence-electron chi connectivity index (χ0n) is 18.6. The highest BCUT2D eigenvalue weighted by molar-refractivity contribution is 7.92. The second kappa shape index (κ2) is 10.2. The van der Waals surface area contributed by atoms with Crippen LogP contribution in [0.2, 0.25) is 0 Å². The fourth-order valence-corrected chi connectivity index (χ4v) is 4.45. The molecule has 0 aliphatic rings. The van der Waals surface area contributed by atoms with Gasteiger partial charge in [0.2, 0.25) is 0 Å². The molecule has 0 saturated carbocycles. The van der Waals surface area contributed by atoms with E-state index in [1.54, 1.807) is 61.5 Å². The molecule has 0 aliphatic heterocycles. The first-order valence-electron chi connectivity index (χ1n) is 10.7. The molecule has 2 N–H and O–H groups in total. The molecule has 4 aromatic carbocycles. The SMILES string of the molecule is Cc1cc(S(=O)(=O)Nc2ccc(OCc3ccccc3)cc2)ccc1NC(=O)c1ccccc1. The molecule has 0 saturated heterocycles. The predicted octanol–water partition coefficient (Wildman–Crippen LogP) is 5.63. The van der Waals surface area contributed by atoms with Gasteiger partial charge in [0.15, 0.2) is 0 Å². The summed E-state index contributed by atoms with van der Waals surface area (Å²) >= 11 is 0. The van der Waals surface area contributed by atoms with E-state index >= 15 is 0 Å². The van der Waals surface area contributed by atoms with Crippen LogP contribution < -0.4 is 14.8 Å². The minimum absolute atomic E-state index is 0.104. The van der Waals surface area contributed by atoms with Crippen LogP contribution in [0, 0.1) is 6.92 Å². The molecule has 0 unspecified atom stereocenters. The molecular formula is C27H24N2O4S. The van der Waals surface area contributed by atoms with Crippen molar-refractivity contribution in [1.82, 2.24) is 0 Å². The summed E-state index contributed by atoms with van der Waals surface area (Å²) < 4.78 is 34.1. The fraction of sp³-hybridized carbons (Fsp3) is 0.0741. The Bertz CT molecular complexity index is 1370. The Morgan fingerprint density at radius 1 is 0.824 bits per heavy atom. The van der Waals surface area contributed by atoms with Gasteiger partial charge in [0.25, 0.3) is 15.9 Å². The summed E-state index contributed by atoms with van der Waals surface area (Å²) in [5, 5.41) is 2.82. The molecule has 0 aliphatic carbocycles. The lowest BCUT2D eigenvalue weighted by Gasteiger charge is -2.13. The molecule has 4 aromatic rings. The number of benzene rings is 4. The number of ether oxygens (including phenoxy) is 1. The molecule has 0 spiro atoms. The Morgan fingerprint density at radius 3 is 2.12 bits per heavy atom. The molecule has 0 heterocycles. The van der Waals surface area contributed by atoms with Gasteiger partial charge in [-0.15, -0.1) is 0 Å². The van der Waals surface area contributed by atoms with Gasteiger partial charge in [-0.3, -0.25) is 9.52 Å². The van der Waals surface area contributed by atoms with E-state index in [0.29, 0.717) is 34.9 Å². The molecule has 7 heteroatoms. The highest BCUT2D eigenvalue weighted by Gasteiger charge is 2.16. The van der Waals surface area contributed by atoms with Crippen molar-refractivity contribution in [2.24, 2.45) is 0 Å². The molecule has 4 rings (SSSR count).